The van der Waals surface area contributed by atoms with E-state index in [1.807, 2.05) is 17.1 Å². The number of Topliss-reactive ketones (excluding diaryl/α,β-unsaturated/α-hetero) is 2. The minimum atomic E-state index is -3.81. The van der Waals surface area contributed by atoms with Gasteiger partial charge in [0, 0.05) is 88.2 Å². The maximum absolute atomic E-state index is 13.6. The van der Waals surface area contributed by atoms with Gasteiger partial charge in [0.15, 0.2) is 18.4 Å². The number of nitrogens with zero attached hydrogens (tertiary/aromatic N) is 1. The number of hydrogen-bond acceptors (Lipinski definition) is 24. The lowest BCUT2D eigenvalue weighted by molar-refractivity contribution is -0.288. The molecule has 12 atom stereocenters. The number of aliphatic hydroxyl groups is 7. The highest BCUT2D eigenvalue weighted by Gasteiger charge is 2.52. The lowest BCUT2D eigenvalue weighted by atomic mass is 9.67. The van der Waals surface area contributed by atoms with E-state index in [9.17, 15) is 86.9 Å². The number of carbonyl (C=O) groups is 7. The number of halogens is 4. The summed E-state index contributed by atoms with van der Waals surface area (Å²) in [4.78, 5) is 91.7. The van der Waals surface area contributed by atoms with Crippen molar-refractivity contribution in [3.05, 3.63) is 34.9 Å². The van der Waals surface area contributed by atoms with Gasteiger partial charge in [-0.15, -0.1) is 0 Å². The van der Waals surface area contributed by atoms with E-state index < -0.39 is 116 Å². The second-order valence-corrected chi connectivity index (χ2v) is 25.3. The topological polar surface area (TPSA) is 405 Å². The number of benzene rings is 1. The summed E-state index contributed by atoms with van der Waals surface area (Å²) in [7, 11) is 0. The Kier molecular flexibility index (Phi) is 38.1. The monoisotopic (exact) mass is 1420 g/mol. The molecule has 3 fully saturated rings. The van der Waals surface area contributed by atoms with Crippen LogP contribution in [0.5, 0.6) is 0 Å². The maximum atomic E-state index is 13.6. The minimum Gasteiger partial charge on any atom is -0.396 e. The third kappa shape index (κ3) is 28.8. The molecule has 0 spiro atoms. The zero-order valence-corrected chi connectivity index (χ0v) is 56.9. The Hall–Kier alpha value is -5.05. The number of ether oxygens (including phenoxy) is 10. The highest BCUT2D eigenvalue weighted by molar-refractivity contribution is 6.00. The summed E-state index contributed by atoms with van der Waals surface area (Å²) >= 11 is 0. The van der Waals surface area contributed by atoms with Crippen LogP contribution < -0.4 is 21.3 Å². The van der Waals surface area contributed by atoms with Crippen LogP contribution in [-0.2, 0) is 77.8 Å². The van der Waals surface area contributed by atoms with Crippen LogP contribution in [0.3, 0.4) is 0 Å². The SMILES string of the molecule is CCC1(C)CN(C(=O)CCCCCCCCC(=O)NCC(=O)Cc2cc(C(=O)NCCOCCOCCOCCOC3O[C@H](CO)[C@H](O)[C@H](O)[C@H]3CC(=O)C(C)(F)F)cc(C(=O)NCCOCCOCCOCCOC3O[C@H](CO)[C@H](O)[C@H](O)[C@H]3NC(=O)C(C)(F)F)c2)CC1(C)CO. The predicted molar refractivity (Wildman–Crippen MR) is 339 cm³/mol. The van der Waals surface area contributed by atoms with Crippen LogP contribution in [-0.4, -0.2) is 294 Å². The first-order valence-corrected chi connectivity index (χ1v) is 33.4. The number of alkyl halides is 4. The molecule has 1 aromatic rings. The highest BCUT2D eigenvalue weighted by atomic mass is 19.3. The fourth-order valence-corrected chi connectivity index (χ4v) is 11.1. The van der Waals surface area contributed by atoms with Gasteiger partial charge >= 0.3 is 11.8 Å². The number of rotatable bonds is 50. The number of ketones is 2. The Morgan fingerprint density at radius 3 is 1.49 bits per heavy atom. The number of carbonyl (C=O) groups excluding carboxylic acids is 7. The molecule has 0 radical (unpaired) electrons. The number of likely N-dealkylation sites (tertiary alicyclic amines) is 1. The summed E-state index contributed by atoms with van der Waals surface area (Å²) in [5, 5.41) is 80.4. The Bertz CT molecular complexity index is 2460. The predicted octanol–water partition coefficient (Wildman–Crippen LogP) is 0.133. The Morgan fingerprint density at radius 1 is 0.571 bits per heavy atom. The molecule has 0 aliphatic carbocycles. The normalized spacial score (nSPS) is 25.1. The van der Waals surface area contributed by atoms with Gasteiger partial charge in [-0.1, -0.05) is 46.5 Å². The van der Waals surface area contributed by atoms with E-state index in [2.05, 4.69) is 29.8 Å². The summed E-state index contributed by atoms with van der Waals surface area (Å²) < 4.78 is 109. The molecule has 5 amide bonds. The van der Waals surface area contributed by atoms with Crippen molar-refractivity contribution in [2.24, 2.45) is 16.7 Å². The van der Waals surface area contributed by atoms with E-state index in [4.69, 9.17) is 47.4 Å². The van der Waals surface area contributed by atoms with Crippen LogP contribution >= 0.6 is 0 Å². The van der Waals surface area contributed by atoms with E-state index in [-0.39, 0.29) is 171 Å². The number of aliphatic hydroxyl groups excluding tert-OH is 7. The van der Waals surface area contributed by atoms with E-state index in [0.717, 1.165) is 38.5 Å². The molecule has 3 aliphatic rings. The molecule has 0 bridgehead atoms. The van der Waals surface area contributed by atoms with Gasteiger partial charge < -0.3 is 109 Å². The van der Waals surface area contributed by atoms with Gasteiger partial charge in [0.05, 0.1) is 125 Å². The molecule has 33 heteroatoms. The molecule has 3 saturated heterocycles. The van der Waals surface area contributed by atoms with E-state index in [1.165, 1.54) is 18.2 Å². The van der Waals surface area contributed by atoms with Gasteiger partial charge in [-0.05, 0) is 48.4 Å². The molecular weight excluding hydrogens is 1310 g/mol. The summed E-state index contributed by atoms with van der Waals surface area (Å²) in [6, 6.07) is 2.70. The van der Waals surface area contributed by atoms with Crippen molar-refractivity contribution in [3.8, 4) is 0 Å². The highest BCUT2D eigenvalue weighted by Crippen LogP contribution is 2.48. The van der Waals surface area contributed by atoms with Gasteiger partial charge in [0.2, 0.25) is 17.6 Å². The number of nitrogens with one attached hydrogen (secondary N) is 4. The Balaban J connectivity index is 1.16. The zero-order chi connectivity index (χ0) is 72.5. The van der Waals surface area contributed by atoms with Crippen molar-refractivity contribution in [2.75, 3.05) is 145 Å². The van der Waals surface area contributed by atoms with Gasteiger partial charge in [0.25, 0.3) is 17.7 Å². The molecule has 0 saturated carbocycles. The van der Waals surface area contributed by atoms with Crippen LogP contribution in [0.2, 0.25) is 0 Å². The van der Waals surface area contributed by atoms with Crippen LogP contribution in [0.15, 0.2) is 18.2 Å². The van der Waals surface area contributed by atoms with Crippen LogP contribution in [0.25, 0.3) is 0 Å². The molecule has 562 valence electrons. The fourth-order valence-electron chi connectivity index (χ4n) is 11.1. The minimum absolute atomic E-state index is 0.0302. The lowest BCUT2D eigenvalue weighted by Gasteiger charge is -2.42. The van der Waals surface area contributed by atoms with E-state index in [1.54, 1.807) is 0 Å². The number of hydrogen-bond donors (Lipinski definition) is 11. The van der Waals surface area contributed by atoms with E-state index >= 15 is 0 Å². The molecule has 0 aromatic heterocycles. The van der Waals surface area contributed by atoms with Crippen molar-refractivity contribution in [3.63, 3.8) is 0 Å². The molecule has 98 heavy (non-hydrogen) atoms. The average Bonchev–Trinajstić information content (AvgIpc) is 1.62. The Labute approximate surface area is 568 Å². The number of amides is 5. The standard InChI is InChI=1S/C65H105F4N5O24/c1-6-62(2)39-74(40-63(62,3)41-77)51(81)14-12-10-8-7-9-11-13-50(80)72-36-45(78)33-42-31-43(57(86)70-15-17-89-19-21-91-23-25-93-27-29-95-59-46(35-49(79)64(4,66)67)53(82)54(83)47(37-75)97-59)34-44(32-42)58(87)71-16-18-90-20-22-92-24-26-94-28-30-96-60-52(73-61(88)65(5,68)69)56(85)55(84)48(38-76)98-60/h31-32,34,46-48,52-56,59-60,75-77,82-85H,6-30,33,35-41H2,1-5H3,(H,70,86)(H,71,87)(H,72,80)(H,73,88)/t46-,47-,48-,52-,53-,54+,55+,56-,59?,60?,62?,63?/m1/s1. The van der Waals surface area contributed by atoms with Gasteiger partial charge in [-0.2, -0.15) is 17.6 Å². The van der Waals surface area contributed by atoms with Gasteiger partial charge in [-0.25, -0.2) is 0 Å². The quantitative estimate of drug-likeness (QED) is 0.0305. The first-order valence-electron chi connectivity index (χ1n) is 33.4. The van der Waals surface area contributed by atoms with Crippen molar-refractivity contribution >= 4 is 41.1 Å². The molecule has 1 aromatic carbocycles. The maximum Gasteiger partial charge on any atom is 0.321 e. The molecule has 11 N–H and O–H groups in total. The molecule has 3 heterocycles. The third-order valence-corrected chi connectivity index (χ3v) is 17.5. The summed E-state index contributed by atoms with van der Waals surface area (Å²) in [5.41, 5.74) is -0.00597. The first kappa shape index (κ1) is 85.4. The second-order valence-electron chi connectivity index (χ2n) is 25.3. The zero-order valence-electron chi connectivity index (χ0n) is 56.9. The van der Waals surface area contributed by atoms with Crippen molar-refractivity contribution in [1.29, 1.82) is 0 Å². The van der Waals surface area contributed by atoms with Crippen molar-refractivity contribution in [1.82, 2.24) is 26.2 Å². The third-order valence-electron chi connectivity index (χ3n) is 17.5. The van der Waals surface area contributed by atoms with Crippen LogP contribution in [0, 0.1) is 16.7 Å². The smallest absolute Gasteiger partial charge is 0.321 e. The Morgan fingerprint density at radius 2 is 1.02 bits per heavy atom. The average molecular weight is 1420 g/mol. The first-order chi connectivity index (χ1) is 46.5. The fraction of sp³-hybridized carbons (Fsp3) is 0.800. The summed E-state index contributed by atoms with van der Waals surface area (Å²) in [6.45, 7) is 7.22. The van der Waals surface area contributed by atoms with Gasteiger partial charge in [0.1, 0.15) is 36.6 Å². The molecule has 29 nitrogen and oxygen atoms in total. The lowest BCUT2D eigenvalue weighted by Crippen LogP contribution is -2.66. The molecular formula is C65H105F4N5O24. The van der Waals surface area contributed by atoms with Crippen molar-refractivity contribution in [2.45, 2.75) is 172 Å². The molecule has 4 rings (SSSR count). The van der Waals surface area contributed by atoms with Gasteiger partial charge in [-0.3, -0.25) is 33.6 Å². The summed E-state index contributed by atoms with van der Waals surface area (Å²) in [6.07, 6.45) is -7.06. The largest absolute Gasteiger partial charge is 0.396 e. The van der Waals surface area contributed by atoms with Crippen molar-refractivity contribution < 1.29 is 134 Å². The summed E-state index contributed by atoms with van der Waals surface area (Å²) in [5.74, 6) is -13.8. The second kappa shape index (κ2) is 43.7. The molecule has 3 aliphatic heterocycles. The molecule has 4 unspecified atom stereocenters. The number of unbranched alkanes of at least 4 members (excludes halogenated alkanes) is 5. The van der Waals surface area contributed by atoms with Crippen LogP contribution in [0.4, 0.5) is 17.6 Å². The van der Waals surface area contributed by atoms with Crippen LogP contribution in [0.1, 0.15) is 125 Å². The van der Waals surface area contributed by atoms with E-state index in [0.29, 0.717) is 45.3 Å².